The maximum Gasteiger partial charge on any atom is 0.338 e. The molecule has 0 aliphatic heterocycles. The van der Waals surface area contributed by atoms with Gasteiger partial charge in [-0.25, -0.2) is 4.79 Å². The van der Waals surface area contributed by atoms with Crippen LogP contribution in [0.2, 0.25) is 0 Å². The predicted octanol–water partition coefficient (Wildman–Crippen LogP) is 6.18. The van der Waals surface area contributed by atoms with Gasteiger partial charge in [-0.3, -0.25) is 0 Å². The molecule has 0 bridgehead atoms. The zero-order valence-corrected chi connectivity index (χ0v) is 17.4. The number of aromatic carboxylic acids is 1. The number of hydrogen-bond acceptors (Lipinski definition) is 2. The molecule has 0 unspecified atom stereocenters. The monoisotopic (exact) mass is 399 g/mol. The van der Waals surface area contributed by atoms with E-state index in [1.165, 1.54) is 0 Å². The molecule has 2 aromatic heterocycles. The van der Waals surface area contributed by atoms with Gasteiger partial charge in [0.2, 0.25) is 0 Å². The Kier molecular flexibility index (Phi) is 5.08. The van der Waals surface area contributed by atoms with E-state index in [1.807, 2.05) is 71.4 Å². The molecule has 0 saturated heterocycles. The average Bonchev–Trinajstić information content (AvgIpc) is 3.12. The summed E-state index contributed by atoms with van der Waals surface area (Å²) < 4.78 is 8.02. The second-order valence-electron chi connectivity index (χ2n) is 8.45. The number of ether oxygens (including phenoxy) is 1. The fraction of sp³-hybridized carbons (Fsp3) is 0.192. The van der Waals surface area contributed by atoms with E-state index in [0.29, 0.717) is 23.4 Å². The molecule has 4 heteroatoms. The summed E-state index contributed by atoms with van der Waals surface area (Å²) in [7, 11) is 0. The van der Waals surface area contributed by atoms with Gasteiger partial charge in [0, 0.05) is 23.5 Å². The molecular weight excluding hydrogens is 374 g/mol. The normalized spacial score (nSPS) is 11.6. The van der Waals surface area contributed by atoms with E-state index in [1.54, 1.807) is 0 Å². The van der Waals surface area contributed by atoms with Crippen molar-refractivity contribution in [2.45, 2.75) is 32.8 Å². The minimum Gasteiger partial charge on any atom is -0.488 e. The van der Waals surface area contributed by atoms with E-state index in [9.17, 15) is 9.90 Å². The number of carbonyl (C=O) groups is 1. The quantitative estimate of drug-likeness (QED) is 0.436. The molecule has 0 amide bonds. The van der Waals surface area contributed by atoms with E-state index >= 15 is 0 Å². The molecule has 0 saturated carbocycles. The van der Waals surface area contributed by atoms with E-state index in [0.717, 1.165) is 16.7 Å². The number of carboxylic acid groups (broad SMARTS) is 1. The third-order valence-electron chi connectivity index (χ3n) is 5.27. The van der Waals surface area contributed by atoms with Gasteiger partial charge in [-0.2, -0.15) is 0 Å². The number of aromatic nitrogens is 1. The summed E-state index contributed by atoms with van der Waals surface area (Å²) in [6.45, 7) is 6.85. The summed E-state index contributed by atoms with van der Waals surface area (Å²) >= 11 is 0. The van der Waals surface area contributed by atoms with Crippen molar-refractivity contribution < 1.29 is 14.6 Å². The molecule has 0 radical (unpaired) electrons. The molecule has 1 N–H and O–H groups in total. The number of benzene rings is 2. The highest BCUT2D eigenvalue weighted by molar-refractivity contribution is 6.04. The van der Waals surface area contributed by atoms with Gasteiger partial charge in [0.1, 0.15) is 12.4 Å². The van der Waals surface area contributed by atoms with Crippen LogP contribution in [-0.2, 0) is 12.0 Å². The fourth-order valence-corrected chi connectivity index (χ4v) is 3.62. The summed E-state index contributed by atoms with van der Waals surface area (Å²) in [4.78, 5) is 12.2. The van der Waals surface area contributed by atoms with Gasteiger partial charge in [-0.15, -0.1) is 0 Å². The Morgan fingerprint density at radius 3 is 2.40 bits per heavy atom. The van der Waals surface area contributed by atoms with Crippen LogP contribution in [-0.4, -0.2) is 15.5 Å². The van der Waals surface area contributed by atoms with Gasteiger partial charge >= 0.3 is 5.97 Å². The number of rotatable bonds is 5. The molecule has 4 rings (SSSR count). The highest BCUT2D eigenvalue weighted by Gasteiger charge is 2.23. The number of hydrogen-bond donors (Lipinski definition) is 1. The van der Waals surface area contributed by atoms with Crippen LogP contribution in [0.25, 0.3) is 16.6 Å². The molecule has 2 heterocycles. The smallest absolute Gasteiger partial charge is 0.338 e. The molecular formula is C26H25NO3. The van der Waals surface area contributed by atoms with Crippen molar-refractivity contribution in [1.29, 1.82) is 0 Å². The highest BCUT2D eigenvalue weighted by atomic mass is 16.5. The first-order valence-corrected chi connectivity index (χ1v) is 9.99. The van der Waals surface area contributed by atoms with E-state index in [4.69, 9.17) is 4.74 Å². The van der Waals surface area contributed by atoms with Gasteiger partial charge in [-0.05, 0) is 40.8 Å². The third-order valence-corrected chi connectivity index (χ3v) is 5.27. The lowest BCUT2D eigenvalue weighted by Crippen LogP contribution is -2.11. The Bertz CT molecular complexity index is 1200. The van der Waals surface area contributed by atoms with Crippen molar-refractivity contribution >= 4 is 11.5 Å². The molecule has 0 spiro atoms. The summed E-state index contributed by atoms with van der Waals surface area (Å²) in [6, 6.07) is 21.6. The second kappa shape index (κ2) is 7.71. The van der Waals surface area contributed by atoms with E-state index in [-0.39, 0.29) is 11.0 Å². The van der Waals surface area contributed by atoms with Crippen molar-refractivity contribution in [1.82, 2.24) is 4.40 Å². The van der Waals surface area contributed by atoms with Crippen molar-refractivity contribution in [3.8, 4) is 16.9 Å². The molecule has 0 fully saturated rings. The lowest BCUT2D eigenvalue weighted by Gasteiger charge is -2.21. The van der Waals surface area contributed by atoms with Gasteiger partial charge < -0.3 is 14.2 Å². The topological polar surface area (TPSA) is 50.9 Å². The lowest BCUT2D eigenvalue weighted by molar-refractivity contribution is 0.0700. The predicted molar refractivity (Wildman–Crippen MR) is 119 cm³/mol. The molecule has 30 heavy (non-hydrogen) atoms. The molecule has 152 valence electrons. The summed E-state index contributed by atoms with van der Waals surface area (Å²) in [5.41, 5.74) is 4.50. The Labute approximate surface area is 176 Å². The standard InChI is InChI=1S/C26H25NO3/c1-26(2,3)19-12-13-23(30-17-18-9-5-4-6-10-18)20(15-19)21-16-27-14-8-7-11-22(27)24(21)25(28)29/h4-16H,17H2,1-3H3,(H,28,29). The van der Waals surface area contributed by atoms with Gasteiger partial charge in [0.05, 0.1) is 11.1 Å². The first kappa shape index (κ1) is 19.8. The molecule has 0 aliphatic carbocycles. The fourth-order valence-electron chi connectivity index (χ4n) is 3.62. The SMILES string of the molecule is CC(C)(C)c1ccc(OCc2ccccc2)c(-c2cn3ccccc3c2C(=O)O)c1. The highest BCUT2D eigenvalue weighted by Crippen LogP contribution is 2.38. The van der Waals surface area contributed by atoms with Crippen molar-refractivity contribution in [3.05, 3.63) is 95.8 Å². The van der Waals surface area contributed by atoms with E-state index in [2.05, 4.69) is 32.9 Å². The van der Waals surface area contributed by atoms with Crippen LogP contribution in [0.1, 0.15) is 42.3 Å². The third kappa shape index (κ3) is 3.81. The zero-order chi connectivity index (χ0) is 21.3. The zero-order valence-electron chi connectivity index (χ0n) is 17.4. The lowest BCUT2D eigenvalue weighted by atomic mass is 9.85. The molecule has 0 atom stereocenters. The minimum atomic E-state index is -0.950. The molecule has 4 nitrogen and oxygen atoms in total. The Hall–Kier alpha value is -3.53. The van der Waals surface area contributed by atoms with Crippen molar-refractivity contribution in [2.75, 3.05) is 0 Å². The molecule has 0 aliphatic rings. The molecule has 2 aromatic carbocycles. The number of carboxylic acids is 1. The Balaban J connectivity index is 1.87. The van der Waals surface area contributed by atoms with Crippen LogP contribution < -0.4 is 4.74 Å². The summed E-state index contributed by atoms with van der Waals surface area (Å²) in [6.07, 6.45) is 3.74. The largest absolute Gasteiger partial charge is 0.488 e. The van der Waals surface area contributed by atoms with Crippen LogP contribution in [0, 0.1) is 0 Å². The van der Waals surface area contributed by atoms with Gasteiger partial charge in [-0.1, -0.05) is 63.2 Å². The summed E-state index contributed by atoms with van der Waals surface area (Å²) in [5, 5.41) is 9.99. The minimum absolute atomic E-state index is 0.0742. The van der Waals surface area contributed by atoms with Crippen LogP contribution in [0.15, 0.2) is 79.1 Å². The number of fused-ring (bicyclic) bond motifs is 1. The molecule has 4 aromatic rings. The summed E-state index contributed by atoms with van der Waals surface area (Å²) in [5.74, 6) is -0.279. The Morgan fingerprint density at radius 1 is 0.967 bits per heavy atom. The number of pyridine rings is 1. The average molecular weight is 399 g/mol. The van der Waals surface area contributed by atoms with Crippen LogP contribution in [0.3, 0.4) is 0 Å². The maximum absolute atomic E-state index is 12.2. The van der Waals surface area contributed by atoms with Crippen LogP contribution >= 0.6 is 0 Å². The van der Waals surface area contributed by atoms with Crippen molar-refractivity contribution in [3.63, 3.8) is 0 Å². The first-order chi connectivity index (χ1) is 14.3. The van der Waals surface area contributed by atoms with Gasteiger partial charge in [0.25, 0.3) is 0 Å². The Morgan fingerprint density at radius 2 is 1.70 bits per heavy atom. The first-order valence-electron chi connectivity index (χ1n) is 9.99. The van der Waals surface area contributed by atoms with E-state index < -0.39 is 5.97 Å². The second-order valence-corrected chi connectivity index (χ2v) is 8.45. The van der Waals surface area contributed by atoms with Crippen molar-refractivity contribution in [2.24, 2.45) is 0 Å². The van der Waals surface area contributed by atoms with Gasteiger partial charge in [0.15, 0.2) is 0 Å². The van der Waals surface area contributed by atoms with Crippen LogP contribution in [0.4, 0.5) is 0 Å². The maximum atomic E-state index is 12.2. The van der Waals surface area contributed by atoms with Crippen LogP contribution in [0.5, 0.6) is 5.75 Å². The number of nitrogens with zero attached hydrogens (tertiary/aromatic N) is 1.